The molecule has 0 aliphatic carbocycles. The minimum atomic E-state index is 0.259. The molecule has 1 N–H and O–H groups in total. The maximum Gasteiger partial charge on any atom is 0.231 e. The van der Waals surface area contributed by atoms with Crippen LogP contribution in [0, 0.1) is 0 Å². The summed E-state index contributed by atoms with van der Waals surface area (Å²) >= 11 is 1.87. The van der Waals surface area contributed by atoms with Crippen LogP contribution in [0.4, 0.5) is 0 Å². The van der Waals surface area contributed by atoms with E-state index in [1.54, 1.807) is 0 Å². The van der Waals surface area contributed by atoms with Crippen LogP contribution in [-0.4, -0.2) is 28.5 Å². The van der Waals surface area contributed by atoms with Gasteiger partial charge in [0.05, 0.1) is 11.7 Å². The van der Waals surface area contributed by atoms with Crippen molar-refractivity contribution in [2.24, 2.45) is 0 Å². The van der Waals surface area contributed by atoms with E-state index in [0.717, 1.165) is 23.9 Å². The smallest absolute Gasteiger partial charge is 0.231 e. The van der Waals surface area contributed by atoms with Crippen molar-refractivity contribution >= 4 is 11.8 Å². The summed E-state index contributed by atoms with van der Waals surface area (Å²) in [6.07, 6.45) is 2.22. The first-order chi connectivity index (χ1) is 8.62. The molecule has 3 unspecified atom stereocenters. The molecule has 0 bridgehead atoms. The van der Waals surface area contributed by atoms with Gasteiger partial charge in [-0.05, 0) is 19.9 Å². The molecule has 104 valence electrons. The summed E-state index contributed by atoms with van der Waals surface area (Å²) in [5, 5.41) is 7.99. The lowest BCUT2D eigenvalue weighted by atomic mass is 10.00. The van der Waals surface area contributed by atoms with Gasteiger partial charge in [-0.15, -0.1) is 0 Å². The Bertz CT molecular complexity index is 339. The molecule has 3 atom stereocenters. The fourth-order valence-corrected chi connectivity index (χ4v) is 2.61. The molecule has 0 saturated carbocycles. The Morgan fingerprint density at radius 3 is 2.56 bits per heavy atom. The van der Waals surface area contributed by atoms with Crippen molar-refractivity contribution in [2.75, 3.05) is 7.05 Å². The van der Waals surface area contributed by atoms with E-state index in [4.69, 9.17) is 4.52 Å². The molecule has 1 aromatic rings. The first kappa shape index (κ1) is 15.5. The highest BCUT2D eigenvalue weighted by Gasteiger charge is 2.21. The van der Waals surface area contributed by atoms with Gasteiger partial charge in [-0.1, -0.05) is 32.9 Å². The van der Waals surface area contributed by atoms with Crippen LogP contribution < -0.4 is 5.32 Å². The molecule has 0 aliphatic heterocycles. The Kier molecular flexibility index (Phi) is 6.71. The second kappa shape index (κ2) is 7.79. The first-order valence-electron chi connectivity index (χ1n) is 6.73. The van der Waals surface area contributed by atoms with Gasteiger partial charge in [0, 0.05) is 11.3 Å². The van der Waals surface area contributed by atoms with Crippen molar-refractivity contribution in [2.45, 2.75) is 63.5 Å². The summed E-state index contributed by atoms with van der Waals surface area (Å²) < 4.78 is 5.36. The van der Waals surface area contributed by atoms with Gasteiger partial charge in [0.15, 0.2) is 5.82 Å². The Hall–Kier alpha value is -0.550. The molecule has 0 aromatic carbocycles. The van der Waals surface area contributed by atoms with Crippen LogP contribution >= 0.6 is 11.8 Å². The number of rotatable bonds is 8. The van der Waals surface area contributed by atoms with Crippen molar-refractivity contribution in [1.82, 2.24) is 15.5 Å². The van der Waals surface area contributed by atoms with Gasteiger partial charge in [0.2, 0.25) is 5.89 Å². The third-order valence-electron chi connectivity index (χ3n) is 3.36. The second-order valence-electron chi connectivity index (χ2n) is 4.67. The zero-order valence-corrected chi connectivity index (χ0v) is 12.9. The van der Waals surface area contributed by atoms with Crippen LogP contribution in [0.3, 0.4) is 0 Å². The number of hydrogen-bond acceptors (Lipinski definition) is 5. The molecular formula is C13H25N3OS. The van der Waals surface area contributed by atoms with Gasteiger partial charge in [-0.25, -0.2) is 0 Å². The van der Waals surface area contributed by atoms with Crippen LogP contribution in [0.2, 0.25) is 0 Å². The number of hydrogen-bond donors (Lipinski definition) is 1. The molecule has 0 radical (unpaired) electrons. The van der Waals surface area contributed by atoms with E-state index in [9.17, 15) is 0 Å². The lowest BCUT2D eigenvalue weighted by Crippen LogP contribution is -2.30. The Morgan fingerprint density at radius 2 is 2.00 bits per heavy atom. The minimum Gasteiger partial charge on any atom is -0.339 e. The maximum atomic E-state index is 5.36. The third-order valence-corrected chi connectivity index (χ3v) is 4.69. The Balaban J connectivity index is 2.56. The van der Waals surface area contributed by atoms with E-state index >= 15 is 0 Å². The maximum absolute atomic E-state index is 5.36. The molecule has 5 heteroatoms. The van der Waals surface area contributed by atoms with Gasteiger partial charge in [-0.2, -0.15) is 16.7 Å². The Morgan fingerprint density at radius 1 is 1.28 bits per heavy atom. The third kappa shape index (κ3) is 4.28. The van der Waals surface area contributed by atoms with Crippen LogP contribution in [0.1, 0.15) is 58.2 Å². The molecule has 0 amide bonds. The average Bonchev–Trinajstić information content (AvgIpc) is 2.86. The quantitative estimate of drug-likeness (QED) is 0.787. The Labute approximate surface area is 114 Å². The minimum absolute atomic E-state index is 0.259. The van der Waals surface area contributed by atoms with Gasteiger partial charge < -0.3 is 9.84 Å². The zero-order valence-electron chi connectivity index (χ0n) is 12.1. The summed E-state index contributed by atoms with van der Waals surface area (Å²) in [4.78, 5) is 4.49. The van der Waals surface area contributed by atoms with Crippen molar-refractivity contribution in [3.8, 4) is 0 Å². The van der Waals surface area contributed by atoms with Gasteiger partial charge in [0.1, 0.15) is 0 Å². The average molecular weight is 271 g/mol. The number of nitrogens with zero attached hydrogens (tertiary/aromatic N) is 2. The van der Waals surface area contributed by atoms with Crippen LogP contribution in [0.25, 0.3) is 0 Å². The van der Waals surface area contributed by atoms with E-state index in [2.05, 4.69) is 43.2 Å². The highest BCUT2D eigenvalue weighted by Crippen LogP contribution is 2.22. The SMILES string of the molecule is CCC(C)SCc1noc(C(C)C(CC)NC)n1. The van der Waals surface area contributed by atoms with E-state index < -0.39 is 0 Å². The summed E-state index contributed by atoms with van der Waals surface area (Å²) in [6.45, 7) is 8.71. The molecule has 1 heterocycles. The molecule has 1 rings (SSSR count). The molecule has 0 saturated heterocycles. The number of likely N-dealkylation sites (N-methyl/N-ethyl adjacent to an activating group) is 1. The van der Waals surface area contributed by atoms with E-state index in [0.29, 0.717) is 11.3 Å². The summed E-state index contributed by atoms with van der Waals surface area (Å²) in [5.41, 5.74) is 0. The molecule has 18 heavy (non-hydrogen) atoms. The zero-order chi connectivity index (χ0) is 13.5. The lowest BCUT2D eigenvalue weighted by Gasteiger charge is -2.18. The van der Waals surface area contributed by atoms with Crippen molar-refractivity contribution < 1.29 is 4.52 Å². The molecular weight excluding hydrogens is 246 g/mol. The van der Waals surface area contributed by atoms with Crippen molar-refractivity contribution in [3.63, 3.8) is 0 Å². The number of nitrogens with one attached hydrogen (secondary N) is 1. The predicted octanol–water partition coefficient (Wildman–Crippen LogP) is 3.20. The van der Waals surface area contributed by atoms with Gasteiger partial charge in [0.25, 0.3) is 0 Å². The monoisotopic (exact) mass is 271 g/mol. The van der Waals surface area contributed by atoms with Crippen LogP contribution in [-0.2, 0) is 5.75 Å². The fraction of sp³-hybridized carbons (Fsp3) is 0.846. The van der Waals surface area contributed by atoms with Crippen molar-refractivity contribution in [1.29, 1.82) is 0 Å². The molecule has 0 fully saturated rings. The molecule has 1 aromatic heterocycles. The predicted molar refractivity (Wildman–Crippen MR) is 76.9 cm³/mol. The number of aromatic nitrogens is 2. The highest BCUT2D eigenvalue weighted by atomic mass is 32.2. The van der Waals surface area contributed by atoms with E-state index in [-0.39, 0.29) is 5.92 Å². The summed E-state index contributed by atoms with van der Waals surface area (Å²) in [6, 6.07) is 0.389. The van der Waals surface area contributed by atoms with Gasteiger partial charge >= 0.3 is 0 Å². The topological polar surface area (TPSA) is 51.0 Å². The fourth-order valence-electron chi connectivity index (χ4n) is 1.83. The molecule has 0 spiro atoms. The van der Waals surface area contributed by atoms with Crippen LogP contribution in [0.5, 0.6) is 0 Å². The standard InChI is InChI=1S/C13H25N3OS/c1-6-9(3)18-8-12-15-13(17-16-12)10(4)11(7-2)14-5/h9-11,14H,6-8H2,1-5H3. The second-order valence-corrected chi connectivity index (χ2v) is 6.10. The van der Waals surface area contributed by atoms with Crippen LogP contribution in [0.15, 0.2) is 4.52 Å². The van der Waals surface area contributed by atoms with E-state index in [1.807, 2.05) is 18.8 Å². The van der Waals surface area contributed by atoms with E-state index in [1.165, 1.54) is 6.42 Å². The highest BCUT2D eigenvalue weighted by molar-refractivity contribution is 7.99. The summed E-state index contributed by atoms with van der Waals surface area (Å²) in [5.74, 6) is 2.65. The lowest BCUT2D eigenvalue weighted by molar-refractivity contribution is 0.324. The first-order valence-corrected chi connectivity index (χ1v) is 7.78. The number of thioether (sulfide) groups is 1. The summed E-state index contributed by atoms with van der Waals surface area (Å²) in [7, 11) is 1.97. The normalized spacial score (nSPS) is 16.5. The largest absolute Gasteiger partial charge is 0.339 e. The molecule has 4 nitrogen and oxygen atoms in total. The van der Waals surface area contributed by atoms with Gasteiger partial charge in [-0.3, -0.25) is 0 Å². The van der Waals surface area contributed by atoms with Crippen molar-refractivity contribution in [3.05, 3.63) is 11.7 Å². The molecule has 0 aliphatic rings.